The monoisotopic (exact) mass is 2090 g/mol. The van der Waals surface area contributed by atoms with E-state index in [0.29, 0.717) is 146 Å². The number of hydrogen-bond acceptors (Lipinski definition) is 36. The van der Waals surface area contributed by atoms with Crippen LogP contribution in [0.4, 0.5) is 158 Å². The number of benzene rings is 9. The molecular formula is C87H102Cl9N45. The van der Waals surface area contributed by atoms with Crippen LogP contribution >= 0.6 is 104 Å². The van der Waals surface area contributed by atoms with E-state index in [9.17, 15) is 0 Å². The van der Waals surface area contributed by atoms with E-state index < -0.39 is 0 Å². The van der Waals surface area contributed by atoms with Crippen molar-refractivity contribution >= 4 is 263 Å². The third-order valence-electron chi connectivity index (χ3n) is 18.4. The highest BCUT2D eigenvalue weighted by Gasteiger charge is 2.17. The summed E-state index contributed by atoms with van der Waals surface area (Å²) in [5, 5.41) is 97.2. The third kappa shape index (κ3) is 34.7. The van der Waals surface area contributed by atoms with Crippen LogP contribution in [0.1, 0.15) is 13.8 Å². The van der Waals surface area contributed by atoms with Gasteiger partial charge in [0.2, 0.25) is 95.2 Å². The van der Waals surface area contributed by atoms with Crippen molar-refractivity contribution in [3.8, 4) is 0 Å². The molecule has 54 heteroatoms. The SMILES string of the molecule is CC(C)Nc1n[nH]c(Nc2ccc(Cl)cc2)n1.CN(C)c1n[nH]c(Nc2ccc(Cl)cc2)n1.CN(C)c1nnc(Nc2ccc(Cl)cc2)n1C.CN(c1ccc(Cl)cc1)c1n[nH]c(N)n1.CN(c1ccc(Cl)cc1)c1nnc(N)n1C.CNc1n[nH]c(Nc2ccc(Cl)cc2)n1.CNc1nc(N(C)c2ccc(Cl)cc2)n[nH]1.Cn1c(N)nnc1Nc1ccc(Cl)cc1.Nc1nc(Nc2ccc(Cl)cc2)n[nH]1. The van der Waals surface area contributed by atoms with Gasteiger partial charge in [0, 0.05) is 187 Å². The Bertz CT molecular complexity index is 6730. The number of hydrogen-bond donors (Lipinski definition) is 19. The molecule has 23 N–H and O–H groups in total. The second-order valence-electron chi connectivity index (χ2n) is 29.8. The molecule has 9 aromatic heterocycles. The van der Waals surface area contributed by atoms with Crippen LogP contribution in [-0.4, -0.2) is 205 Å². The normalized spacial score (nSPS) is 10.3. The number of nitrogens with two attached hydrogens (primary N) is 4. The van der Waals surface area contributed by atoms with Gasteiger partial charge in [-0.15, -0.1) is 61.2 Å². The quantitative estimate of drug-likeness (QED) is 0.0267. The molecule has 18 rings (SSSR count). The van der Waals surface area contributed by atoms with Crippen LogP contribution in [0.5, 0.6) is 0 Å². The molecule has 9 heterocycles. The fourth-order valence-corrected chi connectivity index (χ4v) is 12.2. The number of nitrogens with one attached hydrogen (secondary N) is 15. The van der Waals surface area contributed by atoms with Crippen molar-refractivity contribution in [3.63, 3.8) is 0 Å². The number of anilines is 27. The Hall–Kier alpha value is -15.8. The Morgan fingerprint density at radius 3 is 0.915 bits per heavy atom. The topological polar surface area (TPSA) is 570 Å². The van der Waals surface area contributed by atoms with E-state index in [0.717, 1.165) is 57.1 Å². The molecule has 738 valence electrons. The first-order valence-corrected chi connectivity index (χ1v) is 45.3. The molecule has 0 aliphatic rings. The molecule has 45 nitrogen and oxygen atoms in total. The smallest absolute Gasteiger partial charge is 0.250 e. The van der Waals surface area contributed by atoms with Crippen LogP contribution < -0.4 is 95.3 Å². The van der Waals surface area contributed by atoms with Gasteiger partial charge < -0.3 is 95.3 Å². The summed E-state index contributed by atoms with van der Waals surface area (Å²) in [6.07, 6.45) is 0. The van der Waals surface area contributed by atoms with Crippen LogP contribution in [0.3, 0.4) is 0 Å². The largest absolute Gasteiger partial charge is 0.368 e. The van der Waals surface area contributed by atoms with Gasteiger partial charge in [-0.2, -0.15) is 29.9 Å². The molecule has 0 bridgehead atoms. The summed E-state index contributed by atoms with van der Waals surface area (Å²) in [7, 11) is 22.3. The molecule has 0 atom stereocenters. The number of nitrogens with zero attached hydrogens (tertiary/aromatic N) is 26. The Balaban J connectivity index is 0.000000163. The van der Waals surface area contributed by atoms with Crippen molar-refractivity contribution in [2.75, 3.05) is 159 Å². The molecule has 0 unspecified atom stereocenters. The minimum atomic E-state index is 0.279. The Labute approximate surface area is 855 Å². The average molecular weight is 2100 g/mol. The number of rotatable bonds is 24. The van der Waals surface area contributed by atoms with E-state index >= 15 is 0 Å². The molecule has 0 aliphatic carbocycles. The van der Waals surface area contributed by atoms with Crippen molar-refractivity contribution < 1.29 is 0 Å². The lowest BCUT2D eigenvalue weighted by atomic mass is 10.3. The van der Waals surface area contributed by atoms with Crippen molar-refractivity contribution in [1.82, 2.24) is 135 Å². The predicted octanol–water partition coefficient (Wildman–Crippen LogP) is 19.3. The second-order valence-corrected chi connectivity index (χ2v) is 33.7. The summed E-state index contributed by atoms with van der Waals surface area (Å²) in [6, 6.07) is 66.7. The van der Waals surface area contributed by atoms with E-state index in [1.807, 2.05) is 288 Å². The summed E-state index contributed by atoms with van der Waals surface area (Å²) in [5.41, 5.74) is 30.2. The van der Waals surface area contributed by atoms with Gasteiger partial charge in [-0.3, -0.25) is 13.7 Å². The lowest BCUT2D eigenvalue weighted by molar-refractivity contribution is 0.873. The number of aromatic nitrogens is 27. The van der Waals surface area contributed by atoms with Gasteiger partial charge in [0.1, 0.15) is 0 Å². The van der Waals surface area contributed by atoms with Crippen LogP contribution in [0.25, 0.3) is 0 Å². The highest BCUT2D eigenvalue weighted by Crippen LogP contribution is 2.30. The maximum Gasteiger partial charge on any atom is 0.250 e. The second kappa shape index (κ2) is 53.3. The van der Waals surface area contributed by atoms with Gasteiger partial charge >= 0.3 is 0 Å². The Kier molecular flexibility index (Phi) is 40.5. The van der Waals surface area contributed by atoms with Crippen LogP contribution in [0.2, 0.25) is 45.2 Å². The summed E-state index contributed by atoms with van der Waals surface area (Å²) in [6.45, 7) is 4.06. The van der Waals surface area contributed by atoms with Gasteiger partial charge in [0.15, 0.2) is 0 Å². The number of aromatic amines is 6. The molecule has 0 amide bonds. The van der Waals surface area contributed by atoms with Crippen molar-refractivity contribution in [2.24, 2.45) is 21.1 Å². The molecule has 18 aromatic rings. The maximum atomic E-state index is 5.83. The minimum Gasteiger partial charge on any atom is -0.368 e. The van der Waals surface area contributed by atoms with Gasteiger partial charge in [-0.25, -0.2) is 30.6 Å². The van der Waals surface area contributed by atoms with Gasteiger partial charge in [-0.05, 0) is 232 Å². The van der Waals surface area contributed by atoms with Gasteiger partial charge in [0.05, 0.1) is 0 Å². The first kappa shape index (κ1) is 107. The number of halogens is 9. The Morgan fingerprint density at radius 2 is 0.582 bits per heavy atom. The zero-order valence-corrected chi connectivity index (χ0v) is 85.0. The standard InChI is InChI=1S/2C11H14ClN5.3C10H12ClN5.3C9H10ClN5.C8H8ClN5/c1-16(2)11-15-14-10(17(11)3)13-9-6-4-8(12)5-7-9;1-7(2)13-10-15-11(17-16-10)14-9-5-3-8(12)4-6-9;1-15(8-5-3-7(11)4-6-8)10-14-13-9(12)16(10)2;1-16(2)10-13-9(14-15-10)12-8-5-3-7(11)4-6-8;1-12-9-13-10(15-14-9)16(2)8-5-3-7(11)4-6-8;1-15(9-12-8(11)13-14-9)7-4-2-6(10)3-5-7;1-15-8(11)13-14-9(15)12-7-4-2-6(10)3-5-7;1-11-8-13-9(15-14-8)12-7-4-2-6(10)3-5-7;9-5-1-3-6(4-2-5)11-8-12-7(10)13-14-8/h4-7H,1-3H3,(H,13,14);3-7H,1-2H3,(H3,13,14,15,16,17);3-6H,1-2H3,(H2,12,13);2*3-6H,1-2H3,(H2,12,13,14,15);2-5H,1H3,(H3,11,12,13,14);2-5H,1H3,(H2,11,13)(H,12,14);2-5H,1H3,(H3,11,12,13,14,15);1-4H,(H4,10,11,12,13,14). The zero-order valence-electron chi connectivity index (χ0n) is 78.2. The number of H-pyrrole nitrogens is 6. The van der Waals surface area contributed by atoms with E-state index in [-0.39, 0.29) is 5.95 Å². The molecule has 0 fully saturated rings. The van der Waals surface area contributed by atoms with Crippen LogP contribution in [-0.2, 0) is 21.1 Å². The predicted molar refractivity (Wildman–Crippen MR) is 572 cm³/mol. The maximum absolute atomic E-state index is 5.83. The van der Waals surface area contributed by atoms with Crippen molar-refractivity contribution in [2.45, 2.75) is 19.9 Å². The first-order valence-electron chi connectivity index (χ1n) is 41.9. The van der Waals surface area contributed by atoms with E-state index in [1.165, 1.54) is 0 Å². The van der Waals surface area contributed by atoms with E-state index in [1.54, 1.807) is 66.7 Å². The molecule has 0 radical (unpaired) electrons. The molecular weight excluding hydrogens is 1990 g/mol. The lowest BCUT2D eigenvalue weighted by Crippen LogP contribution is -2.14. The van der Waals surface area contributed by atoms with Crippen LogP contribution in [0, 0.1) is 0 Å². The molecule has 141 heavy (non-hydrogen) atoms. The molecule has 9 aromatic carbocycles. The fraction of sp³-hybridized carbons (Fsp3) is 0.172. The third-order valence-corrected chi connectivity index (χ3v) is 20.7. The summed E-state index contributed by atoms with van der Waals surface area (Å²) >= 11 is 52.1. The number of nitrogen functional groups attached to an aromatic ring is 4. The minimum absolute atomic E-state index is 0.279. The molecule has 0 aliphatic heterocycles. The van der Waals surface area contributed by atoms with Crippen LogP contribution in [0.15, 0.2) is 218 Å². The van der Waals surface area contributed by atoms with E-state index in [4.69, 9.17) is 127 Å². The highest BCUT2D eigenvalue weighted by molar-refractivity contribution is 6.33. The van der Waals surface area contributed by atoms with E-state index in [2.05, 4.69) is 170 Å². The molecule has 0 saturated heterocycles. The highest BCUT2D eigenvalue weighted by atomic mass is 35.5. The Morgan fingerprint density at radius 1 is 0.277 bits per heavy atom. The van der Waals surface area contributed by atoms with Gasteiger partial charge in [-0.1, -0.05) is 104 Å². The molecule has 0 saturated carbocycles. The zero-order chi connectivity index (χ0) is 102. The lowest BCUT2D eigenvalue weighted by Gasteiger charge is -2.17. The summed E-state index contributed by atoms with van der Waals surface area (Å²) < 4.78 is 5.26. The van der Waals surface area contributed by atoms with Crippen molar-refractivity contribution in [1.29, 1.82) is 0 Å². The van der Waals surface area contributed by atoms with Gasteiger partial charge in [0.25, 0.3) is 11.9 Å². The summed E-state index contributed by atoms with van der Waals surface area (Å²) in [5.74, 6) is 9.83. The first-order chi connectivity index (χ1) is 67.5. The average Bonchev–Trinajstić information content (AvgIpc) is 1.78. The molecule has 0 spiro atoms. The fourth-order valence-electron chi connectivity index (χ4n) is 11.1. The summed E-state index contributed by atoms with van der Waals surface area (Å²) in [4.78, 5) is 34.1. The van der Waals surface area contributed by atoms with Crippen molar-refractivity contribution in [3.05, 3.63) is 264 Å².